The summed E-state index contributed by atoms with van der Waals surface area (Å²) < 4.78 is 10.7. The van der Waals surface area contributed by atoms with E-state index in [9.17, 15) is 9.59 Å². The van der Waals surface area contributed by atoms with Crippen molar-refractivity contribution in [1.82, 2.24) is 21.0 Å². The van der Waals surface area contributed by atoms with Gasteiger partial charge in [-0.2, -0.15) is 4.98 Å². The van der Waals surface area contributed by atoms with E-state index in [-0.39, 0.29) is 5.76 Å². The molecule has 2 heterocycles. The van der Waals surface area contributed by atoms with Gasteiger partial charge in [0.05, 0.1) is 0 Å². The molecular weight excluding hydrogens is 360 g/mol. The number of fused-ring (bicyclic) bond motifs is 1. The van der Waals surface area contributed by atoms with Gasteiger partial charge in [0.1, 0.15) is 5.58 Å². The van der Waals surface area contributed by atoms with Crippen molar-refractivity contribution in [3.05, 3.63) is 71.2 Å². The fourth-order valence-electron chi connectivity index (χ4n) is 2.81. The number of aryl methyl sites for hydroxylation is 2. The third kappa shape index (κ3) is 3.23. The van der Waals surface area contributed by atoms with Crippen LogP contribution in [0.4, 0.5) is 0 Å². The van der Waals surface area contributed by atoms with Crippen molar-refractivity contribution in [2.24, 2.45) is 0 Å². The number of rotatable bonds is 3. The zero-order chi connectivity index (χ0) is 19.7. The molecule has 2 N–H and O–H groups in total. The van der Waals surface area contributed by atoms with E-state index in [1.54, 1.807) is 44.2 Å². The lowest BCUT2D eigenvalue weighted by Gasteiger charge is -2.06. The van der Waals surface area contributed by atoms with E-state index in [0.29, 0.717) is 34.0 Å². The second kappa shape index (κ2) is 6.99. The molecule has 0 aliphatic rings. The predicted molar refractivity (Wildman–Crippen MR) is 100 cm³/mol. The Morgan fingerprint density at radius 1 is 0.929 bits per heavy atom. The molecule has 0 atom stereocenters. The third-order valence-corrected chi connectivity index (χ3v) is 4.26. The molecule has 8 nitrogen and oxygen atoms in total. The molecule has 0 saturated carbocycles. The Morgan fingerprint density at radius 2 is 1.64 bits per heavy atom. The average Bonchev–Trinajstić information content (AvgIpc) is 3.30. The largest absolute Gasteiger partial charge is 0.451 e. The van der Waals surface area contributed by atoms with Gasteiger partial charge in [-0.1, -0.05) is 23.4 Å². The lowest BCUT2D eigenvalue weighted by molar-refractivity contribution is 0.0831. The van der Waals surface area contributed by atoms with Gasteiger partial charge in [0.2, 0.25) is 0 Å². The number of nitrogens with zero attached hydrogens (tertiary/aromatic N) is 2. The average molecular weight is 376 g/mol. The summed E-state index contributed by atoms with van der Waals surface area (Å²) in [6.45, 7) is 3.52. The van der Waals surface area contributed by atoms with Crippen LogP contribution in [0.2, 0.25) is 0 Å². The summed E-state index contributed by atoms with van der Waals surface area (Å²) in [5.74, 6) is 0.0672. The molecule has 0 saturated heterocycles. The minimum absolute atomic E-state index is 0.156. The molecule has 0 unspecified atom stereocenters. The Labute approximate surface area is 159 Å². The Morgan fingerprint density at radius 3 is 2.32 bits per heavy atom. The molecule has 0 aliphatic heterocycles. The van der Waals surface area contributed by atoms with E-state index in [1.807, 2.05) is 18.2 Å². The number of benzene rings is 2. The van der Waals surface area contributed by atoms with Crippen LogP contribution < -0.4 is 10.9 Å². The Balaban J connectivity index is 1.43. The van der Waals surface area contributed by atoms with Crippen molar-refractivity contribution in [2.45, 2.75) is 13.8 Å². The third-order valence-electron chi connectivity index (χ3n) is 4.26. The molecule has 2 aromatic heterocycles. The van der Waals surface area contributed by atoms with Gasteiger partial charge < -0.3 is 8.94 Å². The minimum Gasteiger partial charge on any atom is -0.451 e. The first-order valence-corrected chi connectivity index (χ1v) is 8.52. The molecule has 8 heteroatoms. The maximum Gasteiger partial charge on any atom is 0.305 e. The number of amides is 2. The molecule has 4 aromatic rings. The highest BCUT2D eigenvalue weighted by Crippen LogP contribution is 2.24. The van der Waals surface area contributed by atoms with Crippen LogP contribution >= 0.6 is 0 Å². The monoisotopic (exact) mass is 376 g/mol. The Bertz CT molecular complexity index is 1170. The molecule has 140 valence electrons. The van der Waals surface area contributed by atoms with Crippen LogP contribution in [0.15, 0.2) is 57.5 Å². The fraction of sp³-hybridized carbons (Fsp3) is 0.100. The number of carbonyl (C=O) groups is 2. The normalized spacial score (nSPS) is 10.8. The lowest BCUT2D eigenvalue weighted by atomic mass is 10.1. The predicted octanol–water partition coefficient (Wildman–Crippen LogP) is 3.17. The van der Waals surface area contributed by atoms with Crippen LogP contribution in [0.5, 0.6) is 0 Å². The molecule has 0 aliphatic carbocycles. The van der Waals surface area contributed by atoms with Crippen molar-refractivity contribution in [3.63, 3.8) is 0 Å². The van der Waals surface area contributed by atoms with E-state index in [1.165, 1.54) is 0 Å². The summed E-state index contributed by atoms with van der Waals surface area (Å²) in [5, 5.41) is 4.58. The quantitative estimate of drug-likeness (QED) is 0.532. The first-order valence-electron chi connectivity index (χ1n) is 8.52. The number of hydrogen-bond acceptors (Lipinski definition) is 6. The topological polar surface area (TPSA) is 110 Å². The van der Waals surface area contributed by atoms with Gasteiger partial charge in [-0.25, -0.2) is 0 Å². The SMILES string of the molecule is Cc1noc(-c2ccc(C(=O)NNC(=O)c3oc4ccccc4c3C)cc2)n1. The van der Waals surface area contributed by atoms with Crippen molar-refractivity contribution >= 4 is 22.8 Å². The van der Waals surface area contributed by atoms with Crippen molar-refractivity contribution in [1.29, 1.82) is 0 Å². The molecule has 0 spiro atoms. The lowest BCUT2D eigenvalue weighted by Crippen LogP contribution is -2.41. The maximum atomic E-state index is 12.4. The summed E-state index contributed by atoms with van der Waals surface area (Å²) in [4.78, 5) is 28.8. The zero-order valence-corrected chi connectivity index (χ0v) is 15.1. The van der Waals surface area contributed by atoms with Crippen LogP contribution in [0.1, 0.15) is 32.3 Å². The van der Waals surface area contributed by atoms with Crippen LogP contribution in [0, 0.1) is 13.8 Å². The number of hydrazine groups is 1. The first-order chi connectivity index (χ1) is 13.5. The van der Waals surface area contributed by atoms with Crippen LogP contribution in [-0.2, 0) is 0 Å². The van der Waals surface area contributed by atoms with Gasteiger partial charge in [-0.3, -0.25) is 20.4 Å². The smallest absolute Gasteiger partial charge is 0.305 e. The van der Waals surface area contributed by atoms with E-state index < -0.39 is 11.8 Å². The molecular formula is C20H16N4O4. The molecule has 2 aromatic carbocycles. The molecule has 4 rings (SSSR count). The standard InChI is InChI=1S/C20H16N4O4/c1-11-15-5-3-4-6-16(15)27-17(11)19(26)23-22-18(25)13-7-9-14(10-8-13)20-21-12(2)24-28-20/h3-10H,1-2H3,(H,22,25)(H,23,26). The Kier molecular flexibility index (Phi) is 4.36. The molecule has 28 heavy (non-hydrogen) atoms. The number of carbonyl (C=O) groups excluding carboxylic acids is 2. The second-order valence-corrected chi connectivity index (χ2v) is 6.18. The number of para-hydroxylation sites is 1. The van der Waals surface area contributed by atoms with Gasteiger partial charge in [0, 0.05) is 22.1 Å². The first kappa shape index (κ1) is 17.5. The highest BCUT2D eigenvalue weighted by Gasteiger charge is 2.18. The fourth-order valence-corrected chi connectivity index (χ4v) is 2.81. The van der Waals surface area contributed by atoms with Gasteiger partial charge in [-0.05, 0) is 44.2 Å². The maximum absolute atomic E-state index is 12.4. The van der Waals surface area contributed by atoms with Gasteiger partial charge >= 0.3 is 5.91 Å². The zero-order valence-electron chi connectivity index (χ0n) is 15.1. The Hall–Kier alpha value is -3.94. The molecule has 0 bridgehead atoms. The van der Waals surface area contributed by atoms with E-state index in [4.69, 9.17) is 8.94 Å². The summed E-state index contributed by atoms with van der Waals surface area (Å²) in [5.41, 5.74) is 7.14. The van der Waals surface area contributed by atoms with E-state index >= 15 is 0 Å². The van der Waals surface area contributed by atoms with Gasteiger partial charge in [-0.15, -0.1) is 0 Å². The summed E-state index contributed by atoms with van der Waals surface area (Å²) in [7, 11) is 0. The highest BCUT2D eigenvalue weighted by atomic mass is 16.5. The summed E-state index contributed by atoms with van der Waals surface area (Å²) in [6, 6.07) is 13.9. The van der Waals surface area contributed by atoms with E-state index in [0.717, 1.165) is 5.39 Å². The second-order valence-electron chi connectivity index (χ2n) is 6.18. The number of aromatic nitrogens is 2. The van der Waals surface area contributed by atoms with Crippen molar-refractivity contribution < 1.29 is 18.5 Å². The van der Waals surface area contributed by atoms with Crippen LogP contribution in [0.25, 0.3) is 22.4 Å². The minimum atomic E-state index is -0.528. The number of nitrogens with one attached hydrogen (secondary N) is 2. The van der Waals surface area contributed by atoms with E-state index in [2.05, 4.69) is 21.0 Å². The van der Waals surface area contributed by atoms with Gasteiger partial charge in [0.25, 0.3) is 11.8 Å². The molecule has 2 amide bonds. The van der Waals surface area contributed by atoms with Crippen LogP contribution in [0.3, 0.4) is 0 Å². The number of hydrogen-bond donors (Lipinski definition) is 2. The highest BCUT2D eigenvalue weighted by molar-refractivity contribution is 6.01. The van der Waals surface area contributed by atoms with Gasteiger partial charge in [0.15, 0.2) is 11.6 Å². The molecule has 0 fully saturated rings. The summed E-state index contributed by atoms with van der Waals surface area (Å²) >= 11 is 0. The molecule has 0 radical (unpaired) electrons. The van der Waals surface area contributed by atoms with Crippen LogP contribution in [-0.4, -0.2) is 22.0 Å². The number of furan rings is 1. The van der Waals surface area contributed by atoms with Crippen molar-refractivity contribution in [3.8, 4) is 11.5 Å². The summed E-state index contributed by atoms with van der Waals surface area (Å²) in [6.07, 6.45) is 0. The van der Waals surface area contributed by atoms with Crippen molar-refractivity contribution in [2.75, 3.05) is 0 Å².